The minimum atomic E-state index is -3.84. The number of rotatable bonds is 2. The Hall–Kier alpha value is -1.86. The Kier molecular flexibility index (Phi) is 3.72. The Morgan fingerprint density at radius 1 is 1.09 bits per heavy atom. The van der Waals surface area contributed by atoms with E-state index in [4.69, 9.17) is 0 Å². The van der Waals surface area contributed by atoms with E-state index >= 15 is 0 Å². The molecule has 0 aliphatic rings. The summed E-state index contributed by atoms with van der Waals surface area (Å²) in [5, 5.41) is 0.585. The maximum Gasteiger partial charge on any atom is 0.275 e. The van der Waals surface area contributed by atoms with Gasteiger partial charge in [0.2, 0.25) is 0 Å². The highest BCUT2D eigenvalue weighted by Crippen LogP contribution is 2.28. The monoisotopic (exact) mass is 394 g/mol. The standard InChI is InChI=1S/C16H15BrN2O3S/c1-10-4-6-12(7-5-10)23(21,22)19-11(2)8-13-14(17)9-18(3)16(20)15(13)19/h4-9H,1-3H3. The van der Waals surface area contributed by atoms with Crippen molar-refractivity contribution in [2.75, 3.05) is 0 Å². The van der Waals surface area contributed by atoms with Crippen molar-refractivity contribution in [1.29, 1.82) is 0 Å². The van der Waals surface area contributed by atoms with Crippen molar-refractivity contribution < 1.29 is 8.42 Å². The first-order valence-corrected chi connectivity index (χ1v) is 9.16. The largest absolute Gasteiger partial charge is 0.316 e. The number of hydrogen-bond donors (Lipinski definition) is 0. The summed E-state index contributed by atoms with van der Waals surface area (Å²) in [6.07, 6.45) is 1.63. The number of halogens is 1. The fourth-order valence-electron chi connectivity index (χ4n) is 2.60. The SMILES string of the molecule is Cc1ccc(S(=O)(=O)n2c(C)cc3c(Br)cn(C)c(=O)c32)cc1. The van der Waals surface area contributed by atoms with Crippen molar-refractivity contribution in [2.24, 2.45) is 7.05 Å². The van der Waals surface area contributed by atoms with E-state index in [1.54, 1.807) is 50.5 Å². The topological polar surface area (TPSA) is 61.1 Å². The maximum absolute atomic E-state index is 13.0. The van der Waals surface area contributed by atoms with Crippen LogP contribution in [0.5, 0.6) is 0 Å². The second-order valence-corrected chi connectivity index (χ2v) is 8.16. The lowest BCUT2D eigenvalue weighted by atomic mass is 10.2. The Labute approximate surface area is 142 Å². The van der Waals surface area contributed by atoms with E-state index < -0.39 is 10.0 Å². The van der Waals surface area contributed by atoms with Gasteiger partial charge in [-0.1, -0.05) is 17.7 Å². The molecule has 120 valence electrons. The van der Waals surface area contributed by atoms with Gasteiger partial charge in [-0.2, -0.15) is 0 Å². The molecule has 3 rings (SSSR count). The average Bonchev–Trinajstić information content (AvgIpc) is 2.84. The third-order valence-electron chi connectivity index (χ3n) is 3.78. The van der Waals surface area contributed by atoms with Gasteiger partial charge in [-0.05, 0) is 48.0 Å². The van der Waals surface area contributed by atoms with Crippen LogP contribution in [0, 0.1) is 13.8 Å². The number of aryl methyl sites for hydroxylation is 3. The number of pyridine rings is 1. The van der Waals surface area contributed by atoms with Crippen molar-refractivity contribution in [3.8, 4) is 0 Å². The second kappa shape index (κ2) is 5.35. The van der Waals surface area contributed by atoms with Gasteiger partial charge in [-0.3, -0.25) is 4.79 Å². The third-order valence-corrected chi connectivity index (χ3v) is 6.23. The Bertz CT molecular complexity index is 1080. The highest BCUT2D eigenvalue weighted by Gasteiger charge is 2.24. The molecule has 0 N–H and O–H groups in total. The molecule has 1 aromatic carbocycles. The molecule has 0 unspecified atom stereocenters. The number of hydrogen-bond acceptors (Lipinski definition) is 3. The van der Waals surface area contributed by atoms with Crippen molar-refractivity contribution in [3.05, 3.63) is 62.6 Å². The van der Waals surface area contributed by atoms with Gasteiger partial charge in [0.15, 0.2) is 0 Å². The van der Waals surface area contributed by atoms with Gasteiger partial charge in [-0.15, -0.1) is 0 Å². The van der Waals surface area contributed by atoms with Gasteiger partial charge >= 0.3 is 0 Å². The fraction of sp³-hybridized carbons (Fsp3) is 0.188. The van der Waals surface area contributed by atoms with Gasteiger partial charge in [0, 0.05) is 28.8 Å². The summed E-state index contributed by atoms with van der Waals surface area (Å²) in [4.78, 5) is 12.7. The van der Waals surface area contributed by atoms with Gasteiger partial charge in [-0.25, -0.2) is 12.4 Å². The molecule has 0 fully saturated rings. The molecule has 2 heterocycles. The summed E-state index contributed by atoms with van der Waals surface area (Å²) in [5.74, 6) is 0. The zero-order chi connectivity index (χ0) is 16.9. The second-order valence-electron chi connectivity index (χ2n) is 5.52. The fourth-order valence-corrected chi connectivity index (χ4v) is 4.75. The molecule has 0 spiro atoms. The summed E-state index contributed by atoms with van der Waals surface area (Å²) in [6, 6.07) is 8.28. The average molecular weight is 395 g/mol. The molecule has 0 bridgehead atoms. The molecule has 2 aromatic heterocycles. The minimum Gasteiger partial charge on any atom is -0.316 e. The summed E-state index contributed by atoms with van der Waals surface area (Å²) in [6.45, 7) is 3.57. The predicted octanol–water partition coefficient (Wildman–Crippen LogP) is 2.96. The summed E-state index contributed by atoms with van der Waals surface area (Å²) >= 11 is 3.39. The van der Waals surface area contributed by atoms with Crippen LogP contribution >= 0.6 is 15.9 Å². The number of fused-ring (bicyclic) bond motifs is 1. The minimum absolute atomic E-state index is 0.153. The molecular weight excluding hydrogens is 380 g/mol. The smallest absolute Gasteiger partial charge is 0.275 e. The van der Waals surface area contributed by atoms with E-state index in [-0.39, 0.29) is 16.0 Å². The lowest BCUT2D eigenvalue weighted by molar-refractivity contribution is 0.587. The van der Waals surface area contributed by atoms with E-state index in [0.717, 1.165) is 9.54 Å². The van der Waals surface area contributed by atoms with E-state index in [1.165, 1.54) is 4.57 Å². The molecule has 0 aliphatic heterocycles. The van der Waals surface area contributed by atoms with Crippen LogP contribution in [0.3, 0.4) is 0 Å². The van der Waals surface area contributed by atoms with Crippen LogP contribution in [0.25, 0.3) is 10.9 Å². The zero-order valence-corrected chi connectivity index (χ0v) is 15.3. The summed E-state index contributed by atoms with van der Waals surface area (Å²) < 4.78 is 29.2. The van der Waals surface area contributed by atoms with Crippen molar-refractivity contribution >= 4 is 36.9 Å². The molecule has 0 amide bonds. The van der Waals surface area contributed by atoms with Crippen molar-refractivity contribution in [1.82, 2.24) is 8.54 Å². The molecule has 0 radical (unpaired) electrons. The lowest BCUT2D eigenvalue weighted by Crippen LogP contribution is -2.23. The first kappa shape index (κ1) is 16.0. The van der Waals surface area contributed by atoms with Gasteiger partial charge in [0.1, 0.15) is 5.52 Å². The molecule has 23 heavy (non-hydrogen) atoms. The Morgan fingerprint density at radius 3 is 2.30 bits per heavy atom. The van der Waals surface area contributed by atoms with Gasteiger partial charge < -0.3 is 4.57 Å². The van der Waals surface area contributed by atoms with Gasteiger partial charge in [0.05, 0.1) is 4.90 Å². The molecule has 0 saturated heterocycles. The van der Waals surface area contributed by atoms with Gasteiger partial charge in [0.25, 0.3) is 15.6 Å². The Balaban J connectivity index is 2.43. The maximum atomic E-state index is 13.0. The molecular formula is C16H15BrN2O3S. The van der Waals surface area contributed by atoms with Crippen LogP contribution in [0.15, 0.2) is 50.7 Å². The predicted molar refractivity (Wildman–Crippen MR) is 93.4 cm³/mol. The first-order valence-electron chi connectivity index (χ1n) is 6.93. The highest BCUT2D eigenvalue weighted by molar-refractivity contribution is 9.10. The number of nitrogens with zero attached hydrogens (tertiary/aromatic N) is 2. The molecule has 0 atom stereocenters. The van der Waals surface area contributed by atoms with E-state index in [1.807, 2.05) is 6.92 Å². The van der Waals surface area contributed by atoms with E-state index in [2.05, 4.69) is 15.9 Å². The number of benzene rings is 1. The van der Waals surface area contributed by atoms with Crippen LogP contribution in [0.4, 0.5) is 0 Å². The zero-order valence-electron chi connectivity index (χ0n) is 12.9. The van der Waals surface area contributed by atoms with Crippen LogP contribution < -0.4 is 5.56 Å². The molecule has 0 aliphatic carbocycles. The van der Waals surface area contributed by atoms with Crippen LogP contribution in [0.1, 0.15) is 11.3 Å². The first-order chi connectivity index (χ1) is 10.7. The highest BCUT2D eigenvalue weighted by atomic mass is 79.9. The molecule has 5 nitrogen and oxygen atoms in total. The third kappa shape index (κ3) is 2.44. The Morgan fingerprint density at radius 2 is 1.70 bits per heavy atom. The summed E-state index contributed by atoms with van der Waals surface area (Å²) in [7, 11) is -2.25. The van der Waals surface area contributed by atoms with E-state index in [9.17, 15) is 13.2 Å². The lowest BCUT2D eigenvalue weighted by Gasteiger charge is -2.10. The molecule has 3 aromatic rings. The number of aromatic nitrogens is 2. The quantitative estimate of drug-likeness (QED) is 0.671. The van der Waals surface area contributed by atoms with Crippen LogP contribution in [-0.4, -0.2) is 17.0 Å². The summed E-state index contributed by atoms with van der Waals surface area (Å²) in [5.41, 5.74) is 1.26. The molecule has 0 saturated carbocycles. The molecule has 7 heteroatoms. The van der Waals surface area contributed by atoms with Crippen LogP contribution in [0.2, 0.25) is 0 Å². The van der Waals surface area contributed by atoms with E-state index in [0.29, 0.717) is 15.6 Å². The normalized spacial score (nSPS) is 12.0. The van der Waals surface area contributed by atoms with Crippen molar-refractivity contribution in [2.45, 2.75) is 18.7 Å². The van der Waals surface area contributed by atoms with Crippen LogP contribution in [-0.2, 0) is 17.1 Å². The van der Waals surface area contributed by atoms with Crippen molar-refractivity contribution in [3.63, 3.8) is 0 Å².